The highest BCUT2D eigenvalue weighted by molar-refractivity contribution is 6.13. The molecule has 0 aliphatic carbocycles. The second-order valence-corrected chi connectivity index (χ2v) is 8.22. The average molecular weight is 404 g/mol. The molecular formula is C28H23N2O+. The predicted octanol–water partition coefficient (Wildman–Crippen LogP) is 6.54. The number of benzene rings is 3. The number of hydrogen-bond donors (Lipinski definition) is 0. The Kier molecular flexibility index (Phi) is 4.38. The first-order valence-corrected chi connectivity index (χ1v) is 10.4. The molecule has 3 heteroatoms. The Morgan fingerprint density at radius 1 is 0.871 bits per heavy atom. The first kappa shape index (κ1) is 19.1. The van der Waals surface area contributed by atoms with E-state index >= 15 is 0 Å². The Bertz CT molecular complexity index is 1530. The van der Waals surface area contributed by atoms with E-state index in [0.29, 0.717) is 5.56 Å². The molecule has 3 nitrogen and oxygen atoms in total. The van der Waals surface area contributed by atoms with E-state index in [1.165, 1.54) is 5.56 Å². The fourth-order valence-corrected chi connectivity index (χ4v) is 4.59. The average Bonchev–Trinajstić information content (AvgIpc) is 3.13. The van der Waals surface area contributed by atoms with Gasteiger partial charge in [0.25, 0.3) is 0 Å². The Morgan fingerprint density at radius 2 is 1.68 bits per heavy atom. The maximum atomic E-state index is 10.2. The summed E-state index contributed by atoms with van der Waals surface area (Å²) in [6.07, 6.45) is 2.04. The van der Waals surface area contributed by atoms with E-state index in [-0.39, 0.29) is 0 Å². The largest absolute Gasteiger partial charge is 0.455 e. The number of rotatable bonds is 2. The number of fused-ring (bicyclic) bond motifs is 3. The number of aryl methyl sites for hydroxylation is 4. The van der Waals surface area contributed by atoms with E-state index in [1.807, 2.05) is 37.5 Å². The molecule has 0 fully saturated rings. The lowest BCUT2D eigenvalue weighted by molar-refractivity contribution is -0.660. The van der Waals surface area contributed by atoms with Gasteiger partial charge in [-0.25, -0.2) is 4.57 Å². The zero-order chi connectivity index (χ0) is 21.7. The van der Waals surface area contributed by atoms with Crippen molar-refractivity contribution in [1.29, 1.82) is 5.26 Å². The lowest BCUT2D eigenvalue weighted by atomic mass is 9.92. The van der Waals surface area contributed by atoms with Crippen LogP contribution in [0.1, 0.15) is 22.3 Å². The number of hydrogen-bond acceptors (Lipinski definition) is 2. The molecule has 0 amide bonds. The minimum Gasteiger partial charge on any atom is -0.455 e. The van der Waals surface area contributed by atoms with Gasteiger partial charge in [0.15, 0.2) is 6.20 Å². The summed E-state index contributed by atoms with van der Waals surface area (Å²) in [5, 5.41) is 12.0. The van der Waals surface area contributed by atoms with E-state index in [4.69, 9.17) is 4.42 Å². The highest BCUT2D eigenvalue weighted by atomic mass is 16.3. The van der Waals surface area contributed by atoms with Crippen LogP contribution in [0.5, 0.6) is 0 Å². The number of pyridine rings is 1. The fourth-order valence-electron chi connectivity index (χ4n) is 4.59. The van der Waals surface area contributed by atoms with Crippen LogP contribution in [-0.4, -0.2) is 0 Å². The quantitative estimate of drug-likeness (QED) is 0.314. The monoisotopic (exact) mass is 403 g/mol. The number of nitrogens with zero attached hydrogens (tertiary/aromatic N) is 2. The van der Waals surface area contributed by atoms with Crippen molar-refractivity contribution in [3.63, 3.8) is 0 Å². The Hall–Kier alpha value is -3.90. The maximum Gasteiger partial charge on any atom is 0.216 e. The van der Waals surface area contributed by atoms with Gasteiger partial charge >= 0.3 is 0 Å². The van der Waals surface area contributed by atoms with Crippen LogP contribution >= 0.6 is 0 Å². The van der Waals surface area contributed by atoms with Crippen LogP contribution in [-0.2, 0) is 7.05 Å². The standard InChI is InChI=1S/C28H23N2O/c1-17-8-10-20(19(3)15-17)21-12-13-25-27(23(21)16-29)22-11-9-18(2)26(28(22)31-25)24-7-5-6-14-30(24)4/h5-15H,1-4H3/q+1. The van der Waals surface area contributed by atoms with Crippen LogP contribution in [0.25, 0.3) is 44.3 Å². The molecule has 0 unspecified atom stereocenters. The molecule has 0 saturated carbocycles. The molecule has 0 bridgehead atoms. The van der Waals surface area contributed by atoms with Gasteiger partial charge in [-0.1, -0.05) is 35.9 Å². The zero-order valence-electron chi connectivity index (χ0n) is 18.2. The van der Waals surface area contributed by atoms with Crippen molar-refractivity contribution < 1.29 is 8.98 Å². The predicted molar refractivity (Wildman–Crippen MR) is 125 cm³/mol. The van der Waals surface area contributed by atoms with Crippen molar-refractivity contribution in [2.75, 3.05) is 0 Å². The lowest BCUT2D eigenvalue weighted by Crippen LogP contribution is -2.30. The highest BCUT2D eigenvalue weighted by Crippen LogP contribution is 2.41. The molecule has 0 N–H and O–H groups in total. The minimum atomic E-state index is 0.662. The molecule has 2 heterocycles. The summed E-state index contributed by atoms with van der Waals surface area (Å²) < 4.78 is 8.49. The molecule has 0 radical (unpaired) electrons. The van der Waals surface area contributed by atoms with Crippen LogP contribution in [0.2, 0.25) is 0 Å². The third kappa shape index (κ3) is 2.92. The van der Waals surface area contributed by atoms with Crippen molar-refractivity contribution in [1.82, 2.24) is 0 Å². The second-order valence-electron chi connectivity index (χ2n) is 8.22. The molecule has 150 valence electrons. The third-order valence-electron chi connectivity index (χ3n) is 6.11. The fraction of sp³-hybridized carbons (Fsp3) is 0.143. The third-order valence-corrected chi connectivity index (χ3v) is 6.11. The van der Waals surface area contributed by atoms with Crippen LogP contribution < -0.4 is 4.57 Å². The van der Waals surface area contributed by atoms with Crippen LogP contribution in [0.3, 0.4) is 0 Å². The Morgan fingerprint density at radius 3 is 2.42 bits per heavy atom. The van der Waals surface area contributed by atoms with Gasteiger partial charge in [-0.05, 0) is 55.7 Å². The van der Waals surface area contributed by atoms with Crippen molar-refractivity contribution >= 4 is 21.9 Å². The highest BCUT2D eigenvalue weighted by Gasteiger charge is 2.23. The maximum absolute atomic E-state index is 10.2. The summed E-state index contributed by atoms with van der Waals surface area (Å²) >= 11 is 0. The molecule has 0 saturated heterocycles. The summed E-state index contributed by atoms with van der Waals surface area (Å²) in [5.74, 6) is 0. The topological polar surface area (TPSA) is 40.8 Å². The number of nitriles is 1. The number of aromatic nitrogens is 1. The first-order valence-electron chi connectivity index (χ1n) is 10.4. The molecule has 5 rings (SSSR count). The smallest absolute Gasteiger partial charge is 0.216 e. The lowest BCUT2D eigenvalue weighted by Gasteiger charge is -2.10. The van der Waals surface area contributed by atoms with Gasteiger partial charge < -0.3 is 4.42 Å². The normalized spacial score (nSPS) is 11.2. The molecule has 0 atom stereocenters. The molecule has 0 spiro atoms. The van der Waals surface area contributed by atoms with Gasteiger partial charge in [0.2, 0.25) is 5.69 Å². The van der Waals surface area contributed by atoms with Gasteiger partial charge in [0.05, 0.1) is 11.1 Å². The summed E-state index contributed by atoms with van der Waals surface area (Å²) in [6, 6.07) is 23.2. The second kappa shape index (κ2) is 7.11. The number of furan rings is 1. The molecule has 5 aromatic rings. The van der Waals surface area contributed by atoms with Crippen LogP contribution in [0.4, 0.5) is 0 Å². The molecule has 2 aromatic heterocycles. The first-order chi connectivity index (χ1) is 15.0. The summed E-state index contributed by atoms with van der Waals surface area (Å²) in [5.41, 5.74) is 9.92. The molecular weight excluding hydrogens is 380 g/mol. The van der Waals surface area contributed by atoms with Crippen molar-refractivity contribution in [3.05, 3.63) is 89.1 Å². The van der Waals surface area contributed by atoms with Crippen LogP contribution in [0, 0.1) is 32.1 Å². The van der Waals surface area contributed by atoms with Crippen molar-refractivity contribution in [3.8, 4) is 28.5 Å². The zero-order valence-corrected chi connectivity index (χ0v) is 18.2. The van der Waals surface area contributed by atoms with Gasteiger partial charge in [-0.2, -0.15) is 5.26 Å². The minimum absolute atomic E-state index is 0.662. The SMILES string of the molecule is Cc1ccc(-c2ccc3oc4c(-c5cccc[n+]5C)c(C)ccc4c3c2C#N)c(C)c1. The Balaban J connectivity index is 1.88. The molecule has 3 aromatic carbocycles. The summed E-state index contributed by atoms with van der Waals surface area (Å²) in [6.45, 7) is 6.28. The van der Waals surface area contributed by atoms with Crippen molar-refractivity contribution in [2.24, 2.45) is 7.05 Å². The molecule has 0 aliphatic heterocycles. The van der Waals surface area contributed by atoms with Gasteiger partial charge in [-0.15, -0.1) is 0 Å². The van der Waals surface area contributed by atoms with E-state index < -0.39 is 0 Å². The van der Waals surface area contributed by atoms with E-state index in [0.717, 1.165) is 55.4 Å². The van der Waals surface area contributed by atoms with E-state index in [1.54, 1.807) is 0 Å². The van der Waals surface area contributed by atoms with Gasteiger partial charge in [-0.3, -0.25) is 0 Å². The summed E-state index contributed by atoms with van der Waals surface area (Å²) in [7, 11) is 2.04. The van der Waals surface area contributed by atoms with E-state index in [9.17, 15) is 5.26 Å². The molecule has 31 heavy (non-hydrogen) atoms. The summed E-state index contributed by atoms with van der Waals surface area (Å²) in [4.78, 5) is 0. The molecule has 0 aliphatic rings. The van der Waals surface area contributed by atoms with Gasteiger partial charge in [0, 0.05) is 28.5 Å². The Labute approximate surface area is 181 Å². The van der Waals surface area contributed by atoms with Crippen molar-refractivity contribution in [2.45, 2.75) is 20.8 Å². The van der Waals surface area contributed by atoms with E-state index in [2.05, 4.69) is 67.8 Å². The van der Waals surface area contributed by atoms with Crippen LogP contribution in [0.15, 0.2) is 71.3 Å². The van der Waals surface area contributed by atoms with Gasteiger partial charge in [0.1, 0.15) is 24.3 Å².